The first-order valence-electron chi connectivity index (χ1n) is 12.0. The van der Waals surface area contributed by atoms with Gasteiger partial charge in [0.25, 0.3) is 5.91 Å². The lowest BCUT2D eigenvalue weighted by Crippen LogP contribution is -2.34. The Kier molecular flexibility index (Phi) is 7.04. The van der Waals surface area contributed by atoms with Crippen molar-refractivity contribution >= 4 is 5.91 Å². The number of benzene rings is 2. The van der Waals surface area contributed by atoms with Crippen molar-refractivity contribution in [3.05, 3.63) is 94.9 Å². The summed E-state index contributed by atoms with van der Waals surface area (Å²) in [5, 5.41) is 4.11. The third-order valence-corrected chi connectivity index (χ3v) is 6.23. The molecule has 8 heteroatoms. The van der Waals surface area contributed by atoms with Crippen LogP contribution in [0.15, 0.2) is 65.7 Å². The minimum absolute atomic E-state index is 0.123. The Morgan fingerprint density at radius 2 is 1.81 bits per heavy atom. The Labute approximate surface area is 209 Å². The number of hydrogen-bond acceptors (Lipinski definition) is 7. The zero-order valence-electron chi connectivity index (χ0n) is 20.4. The van der Waals surface area contributed by atoms with Crippen LogP contribution in [0.5, 0.6) is 5.75 Å². The third-order valence-electron chi connectivity index (χ3n) is 6.23. The minimum atomic E-state index is -0.123. The number of hydrogen-bond donors (Lipinski definition) is 0. The highest BCUT2D eigenvalue weighted by Gasteiger charge is 2.18. The van der Waals surface area contributed by atoms with Gasteiger partial charge in [-0.05, 0) is 48.2 Å². The Hall–Kier alpha value is -4.04. The molecule has 8 nitrogen and oxygen atoms in total. The Morgan fingerprint density at radius 3 is 2.61 bits per heavy atom. The summed E-state index contributed by atoms with van der Waals surface area (Å²) in [6, 6.07) is 14.5. The van der Waals surface area contributed by atoms with Gasteiger partial charge in [0.05, 0.1) is 24.5 Å². The average Bonchev–Trinajstić information content (AvgIpc) is 3.23. The molecule has 1 aliphatic rings. The van der Waals surface area contributed by atoms with E-state index in [0.717, 1.165) is 45.0 Å². The molecule has 36 heavy (non-hydrogen) atoms. The van der Waals surface area contributed by atoms with Gasteiger partial charge in [-0.15, -0.1) is 0 Å². The summed E-state index contributed by atoms with van der Waals surface area (Å²) in [7, 11) is 0. The van der Waals surface area contributed by atoms with Gasteiger partial charge in [0.1, 0.15) is 24.4 Å². The van der Waals surface area contributed by atoms with Gasteiger partial charge in [0.15, 0.2) is 0 Å². The van der Waals surface area contributed by atoms with E-state index in [1.807, 2.05) is 38.1 Å². The molecule has 0 saturated heterocycles. The van der Waals surface area contributed by atoms with Crippen molar-refractivity contribution in [3.63, 3.8) is 0 Å². The van der Waals surface area contributed by atoms with Crippen LogP contribution in [0.4, 0.5) is 0 Å². The van der Waals surface area contributed by atoms with Crippen LogP contribution in [-0.4, -0.2) is 52.3 Å². The lowest BCUT2D eigenvalue weighted by Gasteiger charge is -2.23. The first-order valence-corrected chi connectivity index (χ1v) is 12.0. The molecule has 4 aromatic rings. The molecule has 0 fully saturated rings. The number of amides is 1. The molecular formula is C28H28N4O4. The van der Waals surface area contributed by atoms with E-state index in [2.05, 4.69) is 33.3 Å². The maximum Gasteiger partial charge on any atom is 0.257 e. The summed E-state index contributed by atoms with van der Waals surface area (Å²) < 4.78 is 17.3. The van der Waals surface area contributed by atoms with Gasteiger partial charge in [0.2, 0.25) is 0 Å². The molecule has 0 radical (unpaired) electrons. The van der Waals surface area contributed by atoms with Gasteiger partial charge < -0.3 is 18.9 Å². The van der Waals surface area contributed by atoms with E-state index in [0.29, 0.717) is 44.9 Å². The molecule has 0 N–H and O–H groups in total. The average molecular weight is 485 g/mol. The van der Waals surface area contributed by atoms with Crippen LogP contribution < -0.4 is 4.74 Å². The predicted molar refractivity (Wildman–Crippen MR) is 134 cm³/mol. The second-order valence-corrected chi connectivity index (χ2v) is 8.83. The highest BCUT2D eigenvalue weighted by atomic mass is 16.5. The highest BCUT2D eigenvalue weighted by Crippen LogP contribution is 2.32. The van der Waals surface area contributed by atoms with Crippen LogP contribution in [0.25, 0.3) is 11.1 Å². The third kappa shape index (κ3) is 5.28. The molecule has 2 aromatic heterocycles. The number of carbonyl (C=O) groups excluding carboxylic acids is 1. The van der Waals surface area contributed by atoms with E-state index in [4.69, 9.17) is 14.0 Å². The topological polar surface area (TPSA) is 90.6 Å². The highest BCUT2D eigenvalue weighted by molar-refractivity contribution is 5.93. The van der Waals surface area contributed by atoms with Crippen LogP contribution in [0.1, 0.15) is 38.5 Å². The van der Waals surface area contributed by atoms with Crippen molar-refractivity contribution in [2.24, 2.45) is 0 Å². The quantitative estimate of drug-likeness (QED) is 0.417. The number of rotatable bonds is 2. The van der Waals surface area contributed by atoms with Crippen LogP contribution in [0.2, 0.25) is 0 Å². The van der Waals surface area contributed by atoms with Crippen LogP contribution in [0, 0.1) is 13.8 Å². The van der Waals surface area contributed by atoms with Crippen molar-refractivity contribution in [1.82, 2.24) is 20.0 Å². The van der Waals surface area contributed by atoms with Crippen molar-refractivity contribution in [2.45, 2.75) is 26.8 Å². The molecule has 0 unspecified atom stereocenters. The van der Waals surface area contributed by atoms with Gasteiger partial charge in [-0.2, -0.15) is 0 Å². The molecule has 3 heterocycles. The maximum atomic E-state index is 13.2. The van der Waals surface area contributed by atoms with Gasteiger partial charge in [0, 0.05) is 37.5 Å². The van der Waals surface area contributed by atoms with Gasteiger partial charge in [-0.3, -0.25) is 4.79 Å². The lowest BCUT2D eigenvalue weighted by molar-refractivity contribution is 0.0570. The number of aromatic nitrogens is 3. The summed E-state index contributed by atoms with van der Waals surface area (Å²) in [6.45, 7) is 6.03. The first-order chi connectivity index (χ1) is 17.6. The SMILES string of the molecule is Cc1noc(C)c1-c1ccc2c(c1)Cc1cccc(c1)CN(C(=O)c1cncnc1)CCOCCO2. The number of fused-ring (bicyclic) bond motifs is 3. The van der Waals surface area contributed by atoms with Crippen molar-refractivity contribution in [2.75, 3.05) is 26.4 Å². The van der Waals surface area contributed by atoms with E-state index in [1.165, 1.54) is 6.33 Å². The number of aryl methyl sites for hydroxylation is 2. The van der Waals surface area contributed by atoms with Gasteiger partial charge >= 0.3 is 0 Å². The fourth-order valence-electron chi connectivity index (χ4n) is 4.52. The second kappa shape index (κ2) is 10.7. The molecule has 0 aliphatic carbocycles. The normalized spacial score (nSPS) is 14.4. The second-order valence-electron chi connectivity index (χ2n) is 8.83. The predicted octanol–water partition coefficient (Wildman–Crippen LogP) is 4.39. The molecule has 0 saturated carbocycles. The van der Waals surface area contributed by atoms with E-state index >= 15 is 0 Å². The van der Waals surface area contributed by atoms with Crippen molar-refractivity contribution in [3.8, 4) is 16.9 Å². The van der Waals surface area contributed by atoms with E-state index in [1.54, 1.807) is 17.3 Å². The first kappa shape index (κ1) is 23.7. The summed E-state index contributed by atoms with van der Waals surface area (Å²) >= 11 is 0. The van der Waals surface area contributed by atoms with Crippen molar-refractivity contribution in [1.29, 1.82) is 0 Å². The molecule has 1 amide bonds. The van der Waals surface area contributed by atoms with E-state index in [9.17, 15) is 4.79 Å². The summed E-state index contributed by atoms with van der Waals surface area (Å²) in [5.41, 5.74) is 6.61. The lowest BCUT2D eigenvalue weighted by atomic mass is 9.96. The molecular weight excluding hydrogens is 456 g/mol. The molecule has 0 spiro atoms. The fraction of sp³-hybridized carbons (Fsp3) is 0.286. The van der Waals surface area contributed by atoms with Crippen LogP contribution >= 0.6 is 0 Å². The molecule has 184 valence electrons. The Balaban J connectivity index is 1.47. The Bertz CT molecular complexity index is 1330. The largest absolute Gasteiger partial charge is 0.491 e. The zero-order chi connectivity index (χ0) is 24.9. The molecule has 0 atom stereocenters. The van der Waals surface area contributed by atoms with Gasteiger partial charge in [-0.25, -0.2) is 9.97 Å². The molecule has 5 rings (SSSR count). The monoisotopic (exact) mass is 484 g/mol. The Morgan fingerprint density at radius 1 is 0.972 bits per heavy atom. The maximum absolute atomic E-state index is 13.2. The fourth-order valence-corrected chi connectivity index (χ4v) is 4.52. The van der Waals surface area contributed by atoms with E-state index in [-0.39, 0.29) is 5.91 Å². The van der Waals surface area contributed by atoms with Gasteiger partial charge in [-0.1, -0.05) is 35.5 Å². The van der Waals surface area contributed by atoms with Crippen molar-refractivity contribution < 1.29 is 18.8 Å². The van der Waals surface area contributed by atoms with Crippen LogP contribution in [-0.2, 0) is 17.7 Å². The van der Waals surface area contributed by atoms with E-state index < -0.39 is 0 Å². The summed E-state index contributed by atoms with van der Waals surface area (Å²) in [4.78, 5) is 22.9. The summed E-state index contributed by atoms with van der Waals surface area (Å²) in [6.07, 6.45) is 5.18. The molecule has 2 bridgehead atoms. The number of nitrogens with zero attached hydrogens (tertiary/aromatic N) is 4. The number of carbonyl (C=O) groups is 1. The smallest absolute Gasteiger partial charge is 0.257 e. The standard InChI is InChI=1S/C28H28N4O4/c1-19-27(20(2)36-31-19)23-6-7-26-24(14-23)13-21-4-3-5-22(12-21)17-32(8-9-34-10-11-35-26)28(33)25-15-29-18-30-16-25/h3-7,12,14-16,18H,8-11,13,17H2,1-2H3. The summed E-state index contributed by atoms with van der Waals surface area (Å²) in [5.74, 6) is 1.50. The number of ether oxygens (including phenoxy) is 2. The van der Waals surface area contributed by atoms with Crippen LogP contribution in [0.3, 0.4) is 0 Å². The zero-order valence-corrected chi connectivity index (χ0v) is 20.4. The minimum Gasteiger partial charge on any atom is -0.491 e. The molecule has 2 aromatic carbocycles. The molecule has 1 aliphatic heterocycles.